The molecule has 0 aliphatic carbocycles. The van der Waals surface area contributed by atoms with E-state index in [9.17, 15) is 9.18 Å². The molecule has 2 aromatic carbocycles. The fourth-order valence-corrected chi connectivity index (χ4v) is 3.16. The van der Waals surface area contributed by atoms with E-state index in [2.05, 4.69) is 15.3 Å². The Morgan fingerprint density at radius 2 is 1.86 bits per heavy atom. The van der Waals surface area contributed by atoms with Crippen LogP contribution < -0.4 is 14.8 Å². The highest BCUT2D eigenvalue weighted by Gasteiger charge is 2.14. The van der Waals surface area contributed by atoms with Gasteiger partial charge in [-0.2, -0.15) is 0 Å². The number of fused-ring (bicyclic) bond motifs is 1. The lowest BCUT2D eigenvalue weighted by atomic mass is 10.1. The van der Waals surface area contributed by atoms with E-state index in [1.807, 2.05) is 32.0 Å². The third-order valence-corrected chi connectivity index (χ3v) is 4.35. The maximum Gasteiger partial charge on any atom is 0.253 e. The molecule has 0 spiro atoms. The molecule has 8 heteroatoms. The van der Waals surface area contributed by atoms with Crippen molar-refractivity contribution in [3.05, 3.63) is 52.0 Å². The summed E-state index contributed by atoms with van der Waals surface area (Å²) < 4.78 is 25.3. The summed E-state index contributed by atoms with van der Waals surface area (Å²) in [4.78, 5) is 18.2. The largest absolute Gasteiger partial charge is 0.490 e. The van der Waals surface area contributed by atoms with Gasteiger partial charge in [-0.3, -0.25) is 4.79 Å². The highest BCUT2D eigenvalue weighted by Crippen LogP contribution is 2.28. The van der Waals surface area contributed by atoms with Crippen LogP contribution in [0.5, 0.6) is 11.5 Å². The molecule has 0 atom stereocenters. The van der Waals surface area contributed by atoms with Crippen LogP contribution >= 0.6 is 12.2 Å². The number of hydrogen-bond acceptors (Lipinski definition) is 4. The summed E-state index contributed by atoms with van der Waals surface area (Å²) >= 11 is 5.03. The van der Waals surface area contributed by atoms with Gasteiger partial charge in [-0.15, -0.1) is 0 Å². The molecule has 28 heavy (non-hydrogen) atoms. The van der Waals surface area contributed by atoms with E-state index in [0.29, 0.717) is 53.5 Å². The Labute approximate surface area is 167 Å². The summed E-state index contributed by atoms with van der Waals surface area (Å²) in [5.74, 6) is 0.503. The van der Waals surface area contributed by atoms with Gasteiger partial charge in [0.25, 0.3) is 5.91 Å². The van der Waals surface area contributed by atoms with Gasteiger partial charge in [0.05, 0.1) is 29.8 Å². The molecule has 0 unspecified atom stereocenters. The number of nitrogens with one attached hydrogen (secondary N) is 3. The van der Waals surface area contributed by atoms with Gasteiger partial charge in [0.15, 0.2) is 16.3 Å². The van der Waals surface area contributed by atoms with Crippen molar-refractivity contribution >= 4 is 29.2 Å². The molecule has 1 aromatic heterocycles. The van der Waals surface area contributed by atoms with E-state index in [1.54, 1.807) is 0 Å². The summed E-state index contributed by atoms with van der Waals surface area (Å²) in [6, 6.07) is 8.20. The molecule has 0 radical (unpaired) electrons. The van der Waals surface area contributed by atoms with Gasteiger partial charge in [0.2, 0.25) is 0 Å². The number of halogens is 1. The summed E-state index contributed by atoms with van der Waals surface area (Å²) in [5, 5.41) is 2.82. The second-order valence-corrected chi connectivity index (χ2v) is 6.52. The number of rotatable bonds is 8. The standard InChI is InChI=1S/C20H22FN3O3S/c1-3-26-16-6-5-12(9-17(16)27-4-2)7-8-22-19(25)14-10-13(21)11-15-18(14)24-20(28)23-15/h5-6,9-11H,3-4,7-8H2,1-2H3,(H,22,25)(H2,23,24,28). The number of benzene rings is 2. The average molecular weight is 403 g/mol. The van der Waals surface area contributed by atoms with Gasteiger partial charge < -0.3 is 24.8 Å². The second-order valence-electron chi connectivity index (χ2n) is 6.11. The molecule has 0 saturated carbocycles. The van der Waals surface area contributed by atoms with Crippen LogP contribution in [-0.2, 0) is 6.42 Å². The molecule has 0 fully saturated rings. The number of amides is 1. The molecule has 3 N–H and O–H groups in total. The Morgan fingerprint density at radius 3 is 2.61 bits per heavy atom. The lowest BCUT2D eigenvalue weighted by Gasteiger charge is -2.13. The zero-order valence-electron chi connectivity index (χ0n) is 15.7. The van der Waals surface area contributed by atoms with Crippen LogP contribution in [0.1, 0.15) is 29.8 Å². The lowest BCUT2D eigenvalue weighted by Crippen LogP contribution is -2.26. The predicted octanol–water partition coefficient (Wildman–Crippen LogP) is 4.13. The van der Waals surface area contributed by atoms with Gasteiger partial charge in [-0.05, 0) is 62.3 Å². The van der Waals surface area contributed by atoms with Crippen LogP contribution in [0.2, 0.25) is 0 Å². The molecule has 0 aliphatic heterocycles. The minimum Gasteiger partial charge on any atom is -0.490 e. The fourth-order valence-electron chi connectivity index (χ4n) is 2.95. The van der Waals surface area contributed by atoms with Crippen LogP contribution in [0.3, 0.4) is 0 Å². The first-order valence-corrected chi connectivity index (χ1v) is 9.51. The van der Waals surface area contributed by atoms with E-state index in [4.69, 9.17) is 21.7 Å². The zero-order chi connectivity index (χ0) is 20.1. The van der Waals surface area contributed by atoms with Crippen molar-refractivity contribution in [2.75, 3.05) is 19.8 Å². The number of imidazole rings is 1. The highest BCUT2D eigenvalue weighted by molar-refractivity contribution is 7.71. The molecule has 148 valence electrons. The molecule has 3 rings (SSSR count). The number of carbonyl (C=O) groups excluding carboxylic acids is 1. The Balaban J connectivity index is 1.69. The molecule has 0 bridgehead atoms. The first-order valence-electron chi connectivity index (χ1n) is 9.10. The maximum absolute atomic E-state index is 13.8. The molecule has 0 aliphatic rings. The van der Waals surface area contributed by atoms with Crippen molar-refractivity contribution in [1.29, 1.82) is 0 Å². The first kappa shape index (κ1) is 19.9. The molecule has 0 saturated heterocycles. The third kappa shape index (κ3) is 4.51. The monoisotopic (exact) mass is 403 g/mol. The van der Waals surface area contributed by atoms with E-state index < -0.39 is 5.82 Å². The molecular formula is C20H22FN3O3S. The Bertz CT molecular complexity index is 1040. The topological polar surface area (TPSA) is 79.1 Å². The summed E-state index contributed by atoms with van der Waals surface area (Å²) in [6.45, 7) is 5.31. The fraction of sp³-hybridized carbons (Fsp3) is 0.300. The van der Waals surface area contributed by atoms with E-state index in [0.717, 1.165) is 5.56 Å². The van der Waals surface area contributed by atoms with Crippen molar-refractivity contribution in [2.24, 2.45) is 0 Å². The second kappa shape index (κ2) is 8.88. The maximum atomic E-state index is 13.8. The number of hydrogen-bond donors (Lipinski definition) is 3. The minimum absolute atomic E-state index is 0.212. The summed E-state index contributed by atoms with van der Waals surface area (Å²) in [6.07, 6.45) is 0.597. The van der Waals surface area contributed by atoms with Crippen molar-refractivity contribution < 1.29 is 18.7 Å². The van der Waals surface area contributed by atoms with Gasteiger partial charge in [0, 0.05) is 6.54 Å². The molecular weight excluding hydrogens is 381 g/mol. The van der Waals surface area contributed by atoms with Crippen LogP contribution in [0, 0.1) is 10.6 Å². The third-order valence-electron chi connectivity index (χ3n) is 4.14. The molecule has 3 aromatic rings. The SMILES string of the molecule is CCOc1ccc(CCNC(=O)c2cc(F)cc3[nH]c(=S)[nH]c23)cc1OCC. The lowest BCUT2D eigenvalue weighted by molar-refractivity contribution is 0.0955. The van der Waals surface area contributed by atoms with Gasteiger partial charge in [0.1, 0.15) is 5.82 Å². The Hall–Kier alpha value is -2.87. The van der Waals surface area contributed by atoms with Crippen molar-refractivity contribution in [2.45, 2.75) is 20.3 Å². The van der Waals surface area contributed by atoms with E-state index in [1.165, 1.54) is 12.1 Å². The smallest absolute Gasteiger partial charge is 0.253 e. The minimum atomic E-state index is -0.504. The van der Waals surface area contributed by atoms with Crippen LogP contribution in [-0.4, -0.2) is 35.6 Å². The molecule has 6 nitrogen and oxygen atoms in total. The summed E-state index contributed by atoms with van der Waals surface area (Å²) in [5.41, 5.74) is 2.16. The van der Waals surface area contributed by atoms with Gasteiger partial charge in [-0.25, -0.2) is 4.39 Å². The first-order chi connectivity index (χ1) is 13.5. The number of aromatic amines is 2. The summed E-state index contributed by atoms with van der Waals surface area (Å²) in [7, 11) is 0. The van der Waals surface area contributed by atoms with E-state index in [-0.39, 0.29) is 11.5 Å². The average Bonchev–Trinajstić information content (AvgIpc) is 3.03. The number of ether oxygens (including phenoxy) is 2. The van der Waals surface area contributed by atoms with Crippen molar-refractivity contribution in [3.63, 3.8) is 0 Å². The quantitative estimate of drug-likeness (QED) is 0.494. The van der Waals surface area contributed by atoms with Crippen LogP contribution in [0.15, 0.2) is 30.3 Å². The number of carbonyl (C=O) groups is 1. The van der Waals surface area contributed by atoms with Crippen LogP contribution in [0.25, 0.3) is 11.0 Å². The Morgan fingerprint density at radius 1 is 1.11 bits per heavy atom. The molecule has 1 heterocycles. The van der Waals surface area contributed by atoms with Crippen molar-refractivity contribution in [1.82, 2.24) is 15.3 Å². The predicted molar refractivity (Wildman–Crippen MR) is 108 cm³/mol. The molecule has 1 amide bonds. The number of aromatic nitrogens is 2. The van der Waals surface area contributed by atoms with E-state index >= 15 is 0 Å². The van der Waals surface area contributed by atoms with Crippen molar-refractivity contribution in [3.8, 4) is 11.5 Å². The van der Waals surface area contributed by atoms with Gasteiger partial charge in [-0.1, -0.05) is 6.07 Å². The Kier molecular flexibility index (Phi) is 6.30. The van der Waals surface area contributed by atoms with Gasteiger partial charge >= 0.3 is 0 Å². The normalized spacial score (nSPS) is 10.8. The highest BCUT2D eigenvalue weighted by atomic mass is 32.1. The number of H-pyrrole nitrogens is 2. The zero-order valence-corrected chi connectivity index (χ0v) is 16.5. The van der Waals surface area contributed by atoms with Crippen LogP contribution in [0.4, 0.5) is 4.39 Å².